The first kappa shape index (κ1) is 17.9. The molecule has 5 nitrogen and oxygen atoms in total. The molecule has 0 aliphatic heterocycles. The van der Waals surface area contributed by atoms with E-state index in [0.717, 1.165) is 35.2 Å². The lowest BCUT2D eigenvalue weighted by atomic mass is 10.1. The molecule has 2 aromatic heterocycles. The fraction of sp³-hybridized carbons (Fsp3) is 0.350. The number of aromatic nitrogens is 2. The van der Waals surface area contributed by atoms with Crippen LogP contribution < -0.4 is 5.56 Å². The van der Waals surface area contributed by atoms with Gasteiger partial charge >= 0.3 is 0 Å². The third-order valence-corrected chi connectivity index (χ3v) is 6.52. The topological polar surface area (TPSA) is 55.2 Å². The minimum Gasteiger partial charge on any atom is -0.337 e. The van der Waals surface area contributed by atoms with Gasteiger partial charge in [0.25, 0.3) is 5.56 Å². The molecule has 2 heterocycles. The van der Waals surface area contributed by atoms with Crippen molar-refractivity contribution in [1.82, 2.24) is 14.5 Å². The number of hydrogen-bond acceptors (Lipinski definition) is 4. The highest BCUT2D eigenvalue weighted by molar-refractivity contribution is 7.18. The van der Waals surface area contributed by atoms with Crippen molar-refractivity contribution in [2.75, 3.05) is 7.05 Å². The van der Waals surface area contributed by atoms with Crippen LogP contribution in [0.3, 0.4) is 0 Å². The lowest BCUT2D eigenvalue weighted by molar-refractivity contribution is -0.132. The Morgan fingerprint density at radius 1 is 1.33 bits per heavy atom. The molecule has 1 aliphatic rings. The summed E-state index contributed by atoms with van der Waals surface area (Å²) in [5.74, 6) is -0.504. The zero-order valence-electron chi connectivity index (χ0n) is 15.2. The zero-order valence-corrected chi connectivity index (χ0v) is 16.1. The molecule has 27 heavy (non-hydrogen) atoms. The summed E-state index contributed by atoms with van der Waals surface area (Å²) < 4.78 is 14.5. The predicted molar refractivity (Wildman–Crippen MR) is 103 cm³/mol. The number of hydrogen-bond donors (Lipinski definition) is 0. The van der Waals surface area contributed by atoms with Gasteiger partial charge in [0.15, 0.2) is 0 Å². The molecule has 7 heteroatoms. The summed E-state index contributed by atoms with van der Waals surface area (Å²) in [5.41, 5.74) is 1.81. The first-order valence-electron chi connectivity index (χ1n) is 8.96. The van der Waals surface area contributed by atoms with E-state index in [0.29, 0.717) is 5.39 Å². The van der Waals surface area contributed by atoms with E-state index in [1.807, 2.05) is 6.92 Å². The van der Waals surface area contributed by atoms with Gasteiger partial charge in [-0.15, -0.1) is 11.3 Å². The van der Waals surface area contributed by atoms with Crippen LogP contribution in [0.2, 0.25) is 0 Å². The second kappa shape index (κ2) is 6.88. The van der Waals surface area contributed by atoms with E-state index in [2.05, 4.69) is 4.98 Å². The molecule has 0 saturated carbocycles. The number of thiophene rings is 1. The Balaban J connectivity index is 1.58. The summed E-state index contributed by atoms with van der Waals surface area (Å²) in [7, 11) is 1.69. The molecule has 1 unspecified atom stereocenters. The van der Waals surface area contributed by atoms with Crippen molar-refractivity contribution in [3.05, 3.63) is 62.8 Å². The number of fused-ring (bicyclic) bond motifs is 3. The lowest BCUT2D eigenvalue weighted by Gasteiger charge is -2.25. The number of halogens is 1. The molecular weight excluding hydrogens is 365 g/mol. The first-order valence-corrected chi connectivity index (χ1v) is 9.78. The standard InChI is InChI=1S/C20H20FN3O2S/c1-12(13-6-8-14(21)9-7-13)23(2)17(25)10-24-11-22-19-18(20(24)26)15-4-3-5-16(15)27-19/h6-9,11-12H,3-5,10H2,1-2H3. The van der Waals surface area contributed by atoms with Gasteiger partial charge in [-0.25, -0.2) is 9.37 Å². The van der Waals surface area contributed by atoms with Crippen molar-refractivity contribution in [2.45, 2.75) is 38.8 Å². The number of likely N-dealkylation sites (N-methyl/N-ethyl adjacent to an activating group) is 1. The van der Waals surface area contributed by atoms with Crippen LogP contribution in [0.5, 0.6) is 0 Å². The highest BCUT2D eigenvalue weighted by Gasteiger charge is 2.23. The Hall–Kier alpha value is -2.54. The van der Waals surface area contributed by atoms with E-state index in [9.17, 15) is 14.0 Å². The zero-order chi connectivity index (χ0) is 19.1. The Morgan fingerprint density at radius 3 is 2.81 bits per heavy atom. The Bertz CT molecular complexity index is 1070. The second-order valence-corrected chi connectivity index (χ2v) is 8.03. The number of amides is 1. The largest absolute Gasteiger partial charge is 0.337 e. The van der Waals surface area contributed by atoms with E-state index in [4.69, 9.17) is 0 Å². The van der Waals surface area contributed by atoms with E-state index in [1.54, 1.807) is 35.4 Å². The smallest absolute Gasteiger partial charge is 0.262 e. The van der Waals surface area contributed by atoms with Gasteiger partial charge in [-0.2, -0.15) is 0 Å². The van der Waals surface area contributed by atoms with Crippen molar-refractivity contribution >= 4 is 27.5 Å². The Morgan fingerprint density at radius 2 is 2.07 bits per heavy atom. The Labute approximate surface area is 160 Å². The monoisotopic (exact) mass is 385 g/mol. The molecule has 0 fully saturated rings. The van der Waals surface area contributed by atoms with E-state index < -0.39 is 0 Å². The van der Waals surface area contributed by atoms with Crippen LogP contribution >= 0.6 is 11.3 Å². The van der Waals surface area contributed by atoms with Gasteiger partial charge in [0.1, 0.15) is 17.2 Å². The molecule has 0 bridgehead atoms. The van der Waals surface area contributed by atoms with E-state index in [1.165, 1.54) is 27.9 Å². The molecular formula is C20H20FN3O2S. The maximum atomic E-state index is 13.1. The number of carbonyl (C=O) groups is 1. The molecule has 1 aromatic carbocycles. The maximum absolute atomic E-state index is 13.1. The summed E-state index contributed by atoms with van der Waals surface area (Å²) in [6, 6.07) is 5.86. The molecule has 4 rings (SSSR count). The highest BCUT2D eigenvalue weighted by Crippen LogP contribution is 2.34. The average molecular weight is 385 g/mol. The minimum atomic E-state index is -0.311. The van der Waals surface area contributed by atoms with Gasteiger partial charge < -0.3 is 4.90 Å². The summed E-state index contributed by atoms with van der Waals surface area (Å²) >= 11 is 1.59. The number of aryl methyl sites for hydroxylation is 2. The maximum Gasteiger partial charge on any atom is 0.262 e. The number of nitrogens with zero attached hydrogens (tertiary/aromatic N) is 3. The third-order valence-electron chi connectivity index (χ3n) is 5.32. The minimum absolute atomic E-state index is 0.0611. The summed E-state index contributed by atoms with van der Waals surface area (Å²) in [4.78, 5) is 33.6. The summed E-state index contributed by atoms with van der Waals surface area (Å²) in [6.45, 7) is 1.82. The Kier molecular flexibility index (Phi) is 4.55. The van der Waals surface area contributed by atoms with Crippen LogP contribution in [0.1, 0.15) is 35.4 Å². The van der Waals surface area contributed by atoms with Gasteiger partial charge in [0.2, 0.25) is 5.91 Å². The molecule has 1 aliphatic carbocycles. The normalized spacial score (nSPS) is 14.3. The first-order chi connectivity index (χ1) is 13.0. The van der Waals surface area contributed by atoms with Crippen LogP contribution in [0.4, 0.5) is 4.39 Å². The van der Waals surface area contributed by atoms with Gasteiger partial charge in [0.05, 0.1) is 17.8 Å². The average Bonchev–Trinajstić information content (AvgIpc) is 3.24. The molecule has 1 atom stereocenters. The van der Waals surface area contributed by atoms with Crippen LogP contribution in [-0.4, -0.2) is 27.4 Å². The van der Waals surface area contributed by atoms with Crippen molar-refractivity contribution < 1.29 is 9.18 Å². The van der Waals surface area contributed by atoms with Crippen LogP contribution in [0.25, 0.3) is 10.2 Å². The molecule has 0 N–H and O–H groups in total. The third kappa shape index (κ3) is 3.16. The summed E-state index contributed by atoms with van der Waals surface area (Å²) in [6.07, 6.45) is 4.45. The molecule has 1 amide bonds. The van der Waals surface area contributed by atoms with Gasteiger partial charge in [0, 0.05) is 11.9 Å². The molecule has 0 radical (unpaired) electrons. The van der Waals surface area contributed by atoms with Crippen molar-refractivity contribution in [3.8, 4) is 0 Å². The molecule has 140 valence electrons. The SMILES string of the molecule is CC(c1ccc(F)cc1)N(C)C(=O)Cn1cnc2sc3c(c2c1=O)CCC3. The fourth-order valence-corrected chi connectivity index (χ4v) is 4.79. The van der Waals surface area contributed by atoms with Crippen LogP contribution in [-0.2, 0) is 24.2 Å². The van der Waals surface area contributed by atoms with Gasteiger partial charge in [-0.3, -0.25) is 14.2 Å². The van der Waals surface area contributed by atoms with Crippen LogP contribution in [0, 0.1) is 5.82 Å². The van der Waals surface area contributed by atoms with Gasteiger partial charge in [-0.05, 0) is 49.4 Å². The number of rotatable bonds is 4. The van der Waals surface area contributed by atoms with Crippen molar-refractivity contribution in [2.24, 2.45) is 0 Å². The summed E-state index contributed by atoms with van der Waals surface area (Å²) in [5, 5.41) is 0.678. The quantitative estimate of drug-likeness (QED) is 0.692. The molecule has 3 aromatic rings. The predicted octanol–water partition coefficient (Wildman–Crippen LogP) is 3.31. The number of carbonyl (C=O) groups excluding carboxylic acids is 1. The van der Waals surface area contributed by atoms with E-state index in [-0.39, 0.29) is 29.9 Å². The molecule has 0 spiro atoms. The second-order valence-electron chi connectivity index (χ2n) is 6.95. The van der Waals surface area contributed by atoms with Crippen molar-refractivity contribution in [3.63, 3.8) is 0 Å². The fourth-order valence-electron chi connectivity index (χ4n) is 3.57. The van der Waals surface area contributed by atoms with Gasteiger partial charge in [-0.1, -0.05) is 12.1 Å². The lowest BCUT2D eigenvalue weighted by Crippen LogP contribution is -2.35. The van der Waals surface area contributed by atoms with Crippen LogP contribution in [0.15, 0.2) is 35.4 Å². The highest BCUT2D eigenvalue weighted by atomic mass is 32.1. The van der Waals surface area contributed by atoms with Crippen molar-refractivity contribution in [1.29, 1.82) is 0 Å². The molecule has 0 saturated heterocycles. The number of benzene rings is 1. The van der Waals surface area contributed by atoms with E-state index >= 15 is 0 Å².